The Balaban J connectivity index is 1.03. The fraction of sp³-hybridized carbons (Fsp3) is 0.273. The van der Waals surface area contributed by atoms with Crippen molar-refractivity contribution in [3.8, 4) is 11.5 Å². The second kappa shape index (κ2) is 27.5. The number of alkyl halides is 6. The first kappa shape index (κ1) is 58.5. The van der Waals surface area contributed by atoms with E-state index < -0.39 is 28.9 Å². The van der Waals surface area contributed by atoms with Crippen LogP contribution in [-0.2, 0) is 43.8 Å². The van der Waals surface area contributed by atoms with Gasteiger partial charge in [-0.2, -0.15) is 26.3 Å². The molecule has 79 heavy (non-hydrogen) atoms. The van der Waals surface area contributed by atoms with Crippen LogP contribution in [0.1, 0.15) is 74.4 Å². The van der Waals surface area contributed by atoms with Crippen molar-refractivity contribution in [1.29, 1.82) is 0 Å². The van der Waals surface area contributed by atoms with E-state index in [0.29, 0.717) is 75.5 Å². The van der Waals surface area contributed by atoms with Gasteiger partial charge in [0.05, 0.1) is 34.4 Å². The van der Waals surface area contributed by atoms with Gasteiger partial charge in [-0.3, -0.25) is 9.80 Å². The van der Waals surface area contributed by atoms with E-state index in [2.05, 4.69) is 63.2 Å². The topological polar surface area (TPSA) is 28.2 Å². The summed E-state index contributed by atoms with van der Waals surface area (Å²) in [5.41, 5.74) is 4.75. The van der Waals surface area contributed by atoms with Gasteiger partial charge in [0.2, 0.25) is 0 Å². The fourth-order valence-corrected chi connectivity index (χ4v) is 11.0. The maximum atomic E-state index is 14.3. The first-order chi connectivity index (χ1) is 38.1. The highest BCUT2D eigenvalue weighted by molar-refractivity contribution is 6.32. The highest BCUT2D eigenvalue weighted by Crippen LogP contribution is 2.41. The second-order valence-corrected chi connectivity index (χ2v) is 21.0. The van der Waals surface area contributed by atoms with Gasteiger partial charge in [0.1, 0.15) is 11.5 Å². The minimum absolute atomic E-state index is 0.0690. The Morgan fingerprint density at radius 1 is 0.443 bits per heavy atom. The van der Waals surface area contributed by atoms with Gasteiger partial charge in [-0.15, -0.1) is 0 Å². The molecule has 0 bridgehead atoms. The molecule has 412 valence electrons. The molecular weight excluding hydrogens is 1050 g/mol. The van der Waals surface area contributed by atoms with E-state index in [1.54, 1.807) is 12.1 Å². The molecule has 0 spiro atoms. The molecular formula is C66H65Cl2F6N3O2. The lowest BCUT2D eigenvalue weighted by molar-refractivity contribution is -0.138. The van der Waals surface area contributed by atoms with Crippen LogP contribution in [0, 0.1) is 0 Å². The maximum Gasteiger partial charge on any atom is 0.417 e. The van der Waals surface area contributed by atoms with Crippen LogP contribution in [0.25, 0.3) is 0 Å². The molecule has 0 radical (unpaired) electrons. The monoisotopic (exact) mass is 1120 g/mol. The summed E-state index contributed by atoms with van der Waals surface area (Å²) >= 11 is 13.1. The van der Waals surface area contributed by atoms with Gasteiger partial charge in [0.15, 0.2) is 0 Å². The number of hydrogen-bond donors (Lipinski definition) is 0. The van der Waals surface area contributed by atoms with E-state index in [1.807, 2.05) is 135 Å². The zero-order chi connectivity index (χ0) is 55.8. The summed E-state index contributed by atoms with van der Waals surface area (Å²) in [5, 5.41) is -0.613. The zero-order valence-corrected chi connectivity index (χ0v) is 45.9. The molecule has 5 nitrogen and oxygen atoms in total. The normalized spacial score (nSPS) is 12.2. The molecule has 8 aromatic rings. The molecule has 0 atom stereocenters. The standard InChI is InChI=1S/C66H65Cl2F6N3O2/c1-75(2)44-50-33-37-58(38-34-50)79-42-18-40-77(46-54-24-16-30-61(63(54)68)66(72,73)74)48-64(55-25-11-5-12-26-55,56-27-13-6-14-28-56)43-49-31-35-57(36-32-49)78-41-17-39-76(45-53-23-15-29-60(62(53)67)65(69,70)71)47-59(51-19-7-3-8-20-51)52-21-9-4-10-22-52/h3-16,19-38,59H,17-18,39-48H2,1-2H3. The van der Waals surface area contributed by atoms with Crippen molar-refractivity contribution in [3.05, 3.63) is 272 Å². The number of ether oxygens (including phenoxy) is 2. The third-order valence-electron chi connectivity index (χ3n) is 14.2. The van der Waals surface area contributed by atoms with Gasteiger partial charge in [-0.05, 0) is 114 Å². The van der Waals surface area contributed by atoms with Gasteiger partial charge >= 0.3 is 12.4 Å². The van der Waals surface area contributed by atoms with Crippen LogP contribution < -0.4 is 9.47 Å². The van der Waals surface area contributed by atoms with Gasteiger partial charge < -0.3 is 14.4 Å². The highest BCUT2D eigenvalue weighted by Gasteiger charge is 2.38. The quantitative estimate of drug-likeness (QED) is 0.0398. The van der Waals surface area contributed by atoms with Crippen molar-refractivity contribution in [2.45, 2.75) is 62.6 Å². The first-order valence-corrected chi connectivity index (χ1v) is 27.2. The van der Waals surface area contributed by atoms with Gasteiger partial charge in [0.25, 0.3) is 0 Å². The van der Waals surface area contributed by atoms with E-state index in [0.717, 1.165) is 57.8 Å². The lowest BCUT2D eigenvalue weighted by Gasteiger charge is -2.40. The van der Waals surface area contributed by atoms with E-state index in [-0.39, 0.29) is 29.1 Å². The lowest BCUT2D eigenvalue weighted by Crippen LogP contribution is -2.44. The predicted molar refractivity (Wildman–Crippen MR) is 306 cm³/mol. The summed E-state index contributed by atoms with van der Waals surface area (Å²) in [6.45, 7) is 3.81. The third kappa shape index (κ3) is 16.3. The number of rotatable bonds is 26. The van der Waals surface area contributed by atoms with E-state index in [9.17, 15) is 26.3 Å². The van der Waals surface area contributed by atoms with Crippen LogP contribution in [-0.4, -0.2) is 68.2 Å². The molecule has 0 aliphatic rings. The van der Waals surface area contributed by atoms with Crippen LogP contribution in [0.5, 0.6) is 11.5 Å². The molecule has 0 saturated heterocycles. The minimum Gasteiger partial charge on any atom is -0.494 e. The molecule has 8 rings (SSSR count). The maximum absolute atomic E-state index is 14.3. The van der Waals surface area contributed by atoms with Crippen molar-refractivity contribution in [2.75, 3.05) is 53.5 Å². The summed E-state index contributed by atoms with van der Waals surface area (Å²) in [4.78, 5) is 6.43. The van der Waals surface area contributed by atoms with Crippen LogP contribution in [0.15, 0.2) is 206 Å². The average Bonchev–Trinajstić information content (AvgIpc) is 3.46. The number of nitrogens with zero attached hydrogens (tertiary/aromatic N) is 3. The van der Waals surface area contributed by atoms with Gasteiger partial charge in [0, 0.05) is 57.1 Å². The van der Waals surface area contributed by atoms with Crippen molar-refractivity contribution >= 4 is 23.2 Å². The van der Waals surface area contributed by atoms with Gasteiger partial charge in [-0.1, -0.05) is 193 Å². The molecule has 13 heteroatoms. The Labute approximate surface area is 471 Å². The fourth-order valence-electron chi connectivity index (χ4n) is 10.4. The summed E-state index contributed by atoms with van der Waals surface area (Å²) in [6, 6.07) is 64.7. The molecule has 0 unspecified atom stereocenters. The minimum atomic E-state index is -4.62. The Kier molecular flexibility index (Phi) is 20.4. The van der Waals surface area contributed by atoms with E-state index in [1.165, 1.54) is 12.1 Å². The number of benzene rings is 8. The zero-order valence-electron chi connectivity index (χ0n) is 44.4. The molecule has 0 N–H and O–H groups in total. The molecule has 0 saturated carbocycles. The SMILES string of the molecule is CN(C)Cc1ccc(OCCCN(Cc2cccc(C(F)(F)F)c2Cl)CC(Cc2ccc(OCCCN(Cc3cccc(C(F)(F)F)c3Cl)CC(c3ccccc3)c3ccccc3)cc2)(c2ccccc2)c2ccccc2)cc1. The van der Waals surface area contributed by atoms with Crippen molar-refractivity contribution in [3.63, 3.8) is 0 Å². The van der Waals surface area contributed by atoms with Crippen LogP contribution in [0.3, 0.4) is 0 Å². The molecule has 0 fully saturated rings. The second-order valence-electron chi connectivity index (χ2n) is 20.3. The molecule has 0 aliphatic carbocycles. The van der Waals surface area contributed by atoms with E-state index >= 15 is 0 Å². The first-order valence-electron chi connectivity index (χ1n) is 26.5. The van der Waals surface area contributed by atoms with E-state index in [4.69, 9.17) is 32.7 Å². The number of halogens is 8. The smallest absolute Gasteiger partial charge is 0.417 e. The molecule has 0 amide bonds. The third-order valence-corrected chi connectivity index (χ3v) is 15.1. The van der Waals surface area contributed by atoms with Crippen molar-refractivity contribution in [1.82, 2.24) is 14.7 Å². The Morgan fingerprint density at radius 2 is 0.848 bits per heavy atom. The molecule has 8 aromatic carbocycles. The van der Waals surface area contributed by atoms with Crippen LogP contribution in [0.4, 0.5) is 26.3 Å². The van der Waals surface area contributed by atoms with Crippen LogP contribution in [0.2, 0.25) is 10.0 Å². The number of hydrogen-bond acceptors (Lipinski definition) is 5. The summed E-state index contributed by atoms with van der Waals surface area (Å²) in [6.07, 6.45) is -7.54. The lowest BCUT2D eigenvalue weighted by atomic mass is 9.70. The molecule has 0 heterocycles. The van der Waals surface area contributed by atoms with Crippen molar-refractivity contribution in [2.24, 2.45) is 0 Å². The summed E-state index contributed by atoms with van der Waals surface area (Å²) in [5.74, 6) is 1.32. The summed E-state index contributed by atoms with van der Waals surface area (Å²) in [7, 11) is 4.04. The largest absolute Gasteiger partial charge is 0.494 e. The summed E-state index contributed by atoms with van der Waals surface area (Å²) < 4.78 is 97.6. The Bertz CT molecular complexity index is 3030. The van der Waals surface area contributed by atoms with Gasteiger partial charge in [-0.25, -0.2) is 0 Å². The highest BCUT2D eigenvalue weighted by atomic mass is 35.5. The Morgan fingerprint density at radius 3 is 1.28 bits per heavy atom. The molecule has 0 aromatic heterocycles. The Hall–Kier alpha value is -6.60. The van der Waals surface area contributed by atoms with Crippen molar-refractivity contribution < 1.29 is 35.8 Å². The van der Waals surface area contributed by atoms with Crippen LogP contribution >= 0.6 is 23.2 Å². The predicted octanol–water partition coefficient (Wildman–Crippen LogP) is 16.7. The molecule has 0 aliphatic heterocycles. The average molecular weight is 1120 g/mol.